The highest BCUT2D eigenvalue weighted by atomic mass is 19.2. The lowest BCUT2D eigenvalue weighted by molar-refractivity contribution is 0.102. The highest BCUT2D eigenvalue weighted by Gasteiger charge is 2.18. The van der Waals surface area contributed by atoms with Gasteiger partial charge < -0.3 is 15.4 Å². The molecule has 0 unspecified atom stereocenters. The van der Waals surface area contributed by atoms with Gasteiger partial charge in [-0.2, -0.15) is 0 Å². The third-order valence-electron chi connectivity index (χ3n) is 3.93. The second-order valence-corrected chi connectivity index (χ2v) is 5.81. The summed E-state index contributed by atoms with van der Waals surface area (Å²) < 4.78 is 45.0. The number of carbonyl (C=O) groups excluding carboxylic acids is 1. The highest BCUT2D eigenvalue weighted by molar-refractivity contribution is 6.04. The number of nitrogens with zero attached hydrogens (tertiary/aromatic N) is 1. The number of halogens is 3. The summed E-state index contributed by atoms with van der Waals surface area (Å²) in [5, 5.41) is 5.50. The number of hydrogen-bond donors (Lipinski definition) is 2. The lowest BCUT2D eigenvalue weighted by atomic mass is 10.2. The monoisotopic (exact) mass is 387 g/mol. The first-order valence-electron chi connectivity index (χ1n) is 8.25. The Balaban J connectivity index is 1.61. The quantitative estimate of drug-likeness (QED) is 0.617. The maximum absolute atomic E-state index is 13.7. The van der Waals surface area contributed by atoms with E-state index < -0.39 is 28.9 Å². The van der Waals surface area contributed by atoms with Crippen LogP contribution in [0.25, 0.3) is 0 Å². The van der Waals surface area contributed by atoms with E-state index in [4.69, 9.17) is 4.74 Å². The minimum atomic E-state index is -1.69. The summed E-state index contributed by atoms with van der Waals surface area (Å²) in [6.45, 7) is 0.531. The normalized spacial score (nSPS) is 10.4. The number of carbonyl (C=O) groups is 1. The average molecular weight is 387 g/mol. The van der Waals surface area contributed by atoms with Crippen molar-refractivity contribution in [3.63, 3.8) is 0 Å². The van der Waals surface area contributed by atoms with Gasteiger partial charge in [0, 0.05) is 6.54 Å². The van der Waals surface area contributed by atoms with Gasteiger partial charge in [0.05, 0.1) is 24.6 Å². The number of aromatic nitrogens is 1. The van der Waals surface area contributed by atoms with E-state index >= 15 is 0 Å². The molecule has 0 atom stereocenters. The fourth-order valence-corrected chi connectivity index (χ4v) is 2.41. The van der Waals surface area contributed by atoms with Crippen molar-refractivity contribution in [2.24, 2.45) is 0 Å². The topological polar surface area (TPSA) is 63.2 Å². The van der Waals surface area contributed by atoms with Crippen LogP contribution in [-0.4, -0.2) is 18.0 Å². The van der Waals surface area contributed by atoms with Crippen molar-refractivity contribution >= 4 is 17.4 Å². The Morgan fingerprint density at radius 1 is 1.00 bits per heavy atom. The molecule has 0 saturated heterocycles. The third-order valence-corrected chi connectivity index (χ3v) is 3.93. The van der Waals surface area contributed by atoms with Crippen LogP contribution in [0.15, 0.2) is 54.7 Å². The summed E-state index contributed by atoms with van der Waals surface area (Å²) in [6, 6.07) is 12.3. The highest BCUT2D eigenvalue weighted by Crippen LogP contribution is 2.18. The Labute approximate surface area is 159 Å². The molecule has 1 amide bonds. The Morgan fingerprint density at radius 3 is 2.39 bits per heavy atom. The third kappa shape index (κ3) is 4.40. The van der Waals surface area contributed by atoms with Crippen LogP contribution in [0.4, 0.5) is 24.7 Å². The van der Waals surface area contributed by atoms with Crippen molar-refractivity contribution in [1.82, 2.24) is 4.98 Å². The molecule has 0 aliphatic rings. The van der Waals surface area contributed by atoms with Crippen molar-refractivity contribution in [1.29, 1.82) is 0 Å². The molecule has 1 heterocycles. The van der Waals surface area contributed by atoms with E-state index in [1.807, 2.05) is 24.3 Å². The molecule has 3 rings (SSSR count). The first-order valence-corrected chi connectivity index (χ1v) is 8.25. The summed E-state index contributed by atoms with van der Waals surface area (Å²) in [5.74, 6) is -4.17. The average Bonchev–Trinajstić information content (AvgIpc) is 2.72. The minimum Gasteiger partial charge on any atom is -0.497 e. The molecule has 28 heavy (non-hydrogen) atoms. The molecule has 0 spiro atoms. The first-order chi connectivity index (χ1) is 13.5. The summed E-state index contributed by atoms with van der Waals surface area (Å²) in [4.78, 5) is 16.2. The Hall–Kier alpha value is -3.55. The van der Waals surface area contributed by atoms with Crippen molar-refractivity contribution in [3.8, 4) is 5.75 Å². The van der Waals surface area contributed by atoms with Gasteiger partial charge in [0.2, 0.25) is 0 Å². The lowest BCUT2D eigenvalue weighted by Crippen LogP contribution is -2.15. The molecule has 1 aromatic heterocycles. The predicted molar refractivity (Wildman–Crippen MR) is 98.8 cm³/mol. The summed E-state index contributed by atoms with van der Waals surface area (Å²) in [5.41, 5.74) is 0.707. The van der Waals surface area contributed by atoms with Gasteiger partial charge in [-0.25, -0.2) is 18.2 Å². The maximum atomic E-state index is 13.7. The smallest absolute Gasteiger partial charge is 0.258 e. The zero-order chi connectivity index (χ0) is 20.1. The number of rotatable bonds is 6. The van der Waals surface area contributed by atoms with Crippen molar-refractivity contribution in [2.45, 2.75) is 6.54 Å². The van der Waals surface area contributed by atoms with Crippen LogP contribution in [0.3, 0.4) is 0 Å². The number of pyridine rings is 1. The molecule has 0 radical (unpaired) electrons. The summed E-state index contributed by atoms with van der Waals surface area (Å²) in [7, 11) is 1.60. The van der Waals surface area contributed by atoms with Crippen molar-refractivity contribution in [2.75, 3.05) is 17.7 Å². The number of ether oxygens (including phenoxy) is 1. The van der Waals surface area contributed by atoms with E-state index in [1.165, 1.54) is 6.20 Å². The fraction of sp³-hybridized carbons (Fsp3) is 0.100. The first kappa shape index (κ1) is 19.2. The van der Waals surface area contributed by atoms with Crippen LogP contribution in [0.1, 0.15) is 15.9 Å². The number of amides is 1. The van der Waals surface area contributed by atoms with Gasteiger partial charge in [-0.3, -0.25) is 4.79 Å². The van der Waals surface area contributed by atoms with Crippen LogP contribution in [-0.2, 0) is 6.54 Å². The molecule has 2 aromatic carbocycles. The van der Waals surface area contributed by atoms with Gasteiger partial charge >= 0.3 is 0 Å². The van der Waals surface area contributed by atoms with Crippen LogP contribution >= 0.6 is 0 Å². The van der Waals surface area contributed by atoms with Crippen LogP contribution < -0.4 is 15.4 Å². The number of benzene rings is 2. The molecule has 0 aliphatic carbocycles. The van der Waals surface area contributed by atoms with E-state index in [0.29, 0.717) is 18.4 Å². The standard InChI is InChI=1S/C20H16F3N3O2/c1-28-14-5-2-12(3-6-14)10-24-17-9-4-13(11-25-17)26-20(27)15-7-8-16(21)19(23)18(15)22/h2-9,11H,10H2,1H3,(H,24,25)(H,26,27). The molecular weight excluding hydrogens is 371 g/mol. The van der Waals surface area contributed by atoms with Gasteiger partial charge in [-0.15, -0.1) is 0 Å². The van der Waals surface area contributed by atoms with Crippen LogP contribution in [0.5, 0.6) is 5.75 Å². The van der Waals surface area contributed by atoms with Crippen LogP contribution in [0.2, 0.25) is 0 Å². The lowest BCUT2D eigenvalue weighted by Gasteiger charge is -2.09. The van der Waals surface area contributed by atoms with E-state index in [2.05, 4.69) is 15.6 Å². The molecule has 0 bridgehead atoms. The zero-order valence-electron chi connectivity index (χ0n) is 14.8. The molecule has 144 valence electrons. The summed E-state index contributed by atoms with van der Waals surface area (Å²) >= 11 is 0. The molecular formula is C20H16F3N3O2. The largest absolute Gasteiger partial charge is 0.497 e. The number of methoxy groups -OCH3 is 1. The molecule has 5 nitrogen and oxygen atoms in total. The Bertz CT molecular complexity index is 977. The summed E-state index contributed by atoms with van der Waals surface area (Å²) in [6.07, 6.45) is 1.37. The molecule has 0 fully saturated rings. The second-order valence-electron chi connectivity index (χ2n) is 5.81. The van der Waals surface area contributed by atoms with E-state index in [-0.39, 0.29) is 5.69 Å². The van der Waals surface area contributed by atoms with Gasteiger partial charge in [0.25, 0.3) is 5.91 Å². The van der Waals surface area contributed by atoms with Crippen LogP contribution in [0, 0.1) is 17.5 Å². The van der Waals surface area contributed by atoms with Gasteiger partial charge in [-0.05, 0) is 42.0 Å². The minimum absolute atomic E-state index is 0.282. The maximum Gasteiger partial charge on any atom is 0.258 e. The molecule has 8 heteroatoms. The van der Waals surface area contributed by atoms with Gasteiger partial charge in [0.15, 0.2) is 17.5 Å². The SMILES string of the molecule is COc1ccc(CNc2ccc(NC(=O)c3ccc(F)c(F)c3F)cn2)cc1. The number of anilines is 2. The molecule has 2 N–H and O–H groups in total. The van der Waals surface area contributed by atoms with Crippen molar-refractivity contribution < 1.29 is 22.7 Å². The second kappa shape index (κ2) is 8.43. The van der Waals surface area contributed by atoms with E-state index in [9.17, 15) is 18.0 Å². The number of nitrogens with one attached hydrogen (secondary N) is 2. The zero-order valence-corrected chi connectivity index (χ0v) is 14.8. The van der Waals surface area contributed by atoms with Gasteiger partial charge in [0.1, 0.15) is 11.6 Å². The Kier molecular flexibility index (Phi) is 5.78. The molecule has 3 aromatic rings. The number of hydrogen-bond acceptors (Lipinski definition) is 4. The van der Waals surface area contributed by atoms with E-state index in [1.54, 1.807) is 19.2 Å². The molecule has 0 aliphatic heterocycles. The fourth-order valence-electron chi connectivity index (χ4n) is 2.41. The predicted octanol–water partition coefficient (Wildman–Crippen LogP) is 4.37. The van der Waals surface area contributed by atoms with Gasteiger partial charge in [-0.1, -0.05) is 12.1 Å². The Morgan fingerprint density at radius 2 is 1.75 bits per heavy atom. The van der Waals surface area contributed by atoms with E-state index in [0.717, 1.165) is 17.4 Å². The van der Waals surface area contributed by atoms with Crippen molar-refractivity contribution in [3.05, 3.63) is 83.3 Å². The molecule has 0 saturated carbocycles.